The minimum Gasteiger partial charge on any atom is -0.316 e. The van der Waals surface area contributed by atoms with Gasteiger partial charge in [0.1, 0.15) is 0 Å². The molecule has 0 spiro atoms. The largest absolute Gasteiger partial charge is 0.316 e. The van der Waals surface area contributed by atoms with Gasteiger partial charge in [0.15, 0.2) is 0 Å². The van der Waals surface area contributed by atoms with E-state index >= 15 is 0 Å². The molecule has 0 radical (unpaired) electrons. The third-order valence-electron chi connectivity index (χ3n) is 5.13. The van der Waals surface area contributed by atoms with Crippen LogP contribution in [0.1, 0.15) is 65.2 Å². The van der Waals surface area contributed by atoms with Gasteiger partial charge in [-0.1, -0.05) is 26.7 Å². The maximum Gasteiger partial charge on any atom is 0.0121 e. The maximum absolute atomic E-state index is 3.64. The zero-order valence-corrected chi connectivity index (χ0v) is 11.4. The molecule has 1 N–H and O–H groups in total. The van der Waals surface area contributed by atoms with E-state index in [4.69, 9.17) is 0 Å². The molecule has 2 aliphatic carbocycles. The van der Waals surface area contributed by atoms with Gasteiger partial charge in [0, 0.05) is 6.04 Å². The zero-order valence-electron chi connectivity index (χ0n) is 11.4. The maximum atomic E-state index is 3.64. The van der Waals surface area contributed by atoms with E-state index < -0.39 is 0 Å². The molecule has 1 unspecified atom stereocenters. The van der Waals surface area contributed by atoms with Crippen molar-refractivity contribution in [1.29, 1.82) is 0 Å². The Morgan fingerprint density at radius 1 is 0.938 bits per heavy atom. The lowest BCUT2D eigenvalue weighted by Gasteiger charge is -2.40. The van der Waals surface area contributed by atoms with Gasteiger partial charge in [-0.3, -0.25) is 0 Å². The highest BCUT2D eigenvalue weighted by atomic mass is 14.9. The Kier molecular flexibility index (Phi) is 3.94. The summed E-state index contributed by atoms with van der Waals surface area (Å²) in [5, 5.41) is 3.64. The smallest absolute Gasteiger partial charge is 0.0121 e. The first kappa shape index (κ1) is 12.4. The van der Waals surface area contributed by atoms with Crippen molar-refractivity contribution in [1.82, 2.24) is 5.32 Å². The average molecular weight is 223 g/mol. The van der Waals surface area contributed by atoms with Crippen LogP contribution in [0.3, 0.4) is 0 Å². The van der Waals surface area contributed by atoms with Crippen molar-refractivity contribution in [3.8, 4) is 0 Å². The lowest BCUT2D eigenvalue weighted by molar-refractivity contribution is 0.140. The number of nitrogens with one attached hydrogen (secondary N) is 1. The van der Waals surface area contributed by atoms with E-state index in [2.05, 4.69) is 26.2 Å². The molecule has 1 heteroatoms. The summed E-state index contributed by atoms with van der Waals surface area (Å²) in [4.78, 5) is 0. The summed E-state index contributed by atoms with van der Waals surface area (Å²) in [6.45, 7) is 4.88. The molecule has 0 aromatic rings. The molecule has 2 rings (SSSR count). The molecular formula is C15H29N. The average Bonchev–Trinajstić information content (AvgIpc) is 2.75. The highest BCUT2D eigenvalue weighted by Crippen LogP contribution is 2.42. The van der Waals surface area contributed by atoms with Crippen molar-refractivity contribution in [3.63, 3.8) is 0 Å². The van der Waals surface area contributed by atoms with Crippen molar-refractivity contribution in [2.24, 2.45) is 17.3 Å². The Balaban J connectivity index is 1.90. The molecule has 0 aromatic heterocycles. The summed E-state index contributed by atoms with van der Waals surface area (Å²) in [6, 6.07) is 0.818. The molecule has 0 bridgehead atoms. The van der Waals surface area contributed by atoms with Crippen molar-refractivity contribution in [2.45, 2.75) is 71.3 Å². The molecule has 0 aliphatic heterocycles. The van der Waals surface area contributed by atoms with Crippen LogP contribution in [-0.2, 0) is 0 Å². The van der Waals surface area contributed by atoms with E-state index in [-0.39, 0.29) is 0 Å². The zero-order chi connectivity index (χ0) is 11.6. The van der Waals surface area contributed by atoms with Crippen LogP contribution >= 0.6 is 0 Å². The van der Waals surface area contributed by atoms with Gasteiger partial charge in [-0.15, -0.1) is 0 Å². The standard InChI is InChI=1S/C15H29N/c1-15(2)10-8-13(9-11-15)14(16-3)12-6-4-5-7-12/h12-14,16H,4-11H2,1-3H3. The van der Waals surface area contributed by atoms with Gasteiger partial charge >= 0.3 is 0 Å². The molecule has 0 aromatic carbocycles. The molecule has 16 heavy (non-hydrogen) atoms. The van der Waals surface area contributed by atoms with E-state index in [0.717, 1.165) is 17.9 Å². The molecule has 94 valence electrons. The van der Waals surface area contributed by atoms with Crippen LogP contribution in [0.4, 0.5) is 0 Å². The predicted octanol–water partition coefficient (Wildman–Crippen LogP) is 3.98. The van der Waals surface area contributed by atoms with Crippen molar-refractivity contribution >= 4 is 0 Å². The monoisotopic (exact) mass is 223 g/mol. The normalized spacial score (nSPS) is 29.4. The second-order valence-corrected chi connectivity index (χ2v) is 6.86. The highest BCUT2D eigenvalue weighted by Gasteiger charge is 2.35. The van der Waals surface area contributed by atoms with Gasteiger partial charge in [-0.2, -0.15) is 0 Å². The van der Waals surface area contributed by atoms with Gasteiger partial charge in [-0.05, 0) is 62.8 Å². The minimum absolute atomic E-state index is 0.616. The highest BCUT2D eigenvalue weighted by molar-refractivity contribution is 4.89. The van der Waals surface area contributed by atoms with E-state index in [1.807, 2.05) is 0 Å². The Labute approximate surface area is 101 Å². The molecule has 2 saturated carbocycles. The van der Waals surface area contributed by atoms with Gasteiger partial charge in [-0.25, -0.2) is 0 Å². The third kappa shape index (κ3) is 2.80. The molecule has 1 nitrogen and oxygen atoms in total. The van der Waals surface area contributed by atoms with E-state index in [1.54, 1.807) is 0 Å². The van der Waals surface area contributed by atoms with Gasteiger partial charge in [0.05, 0.1) is 0 Å². The molecule has 2 aliphatic rings. The summed E-state index contributed by atoms with van der Waals surface area (Å²) in [5.41, 5.74) is 0.616. The van der Waals surface area contributed by atoms with Crippen molar-refractivity contribution in [3.05, 3.63) is 0 Å². The lowest BCUT2D eigenvalue weighted by atomic mass is 9.69. The molecule has 2 fully saturated rings. The minimum atomic E-state index is 0.616. The summed E-state index contributed by atoms with van der Waals surface area (Å²) < 4.78 is 0. The fourth-order valence-electron chi connectivity index (χ4n) is 3.95. The van der Waals surface area contributed by atoms with Crippen LogP contribution in [0.25, 0.3) is 0 Å². The predicted molar refractivity (Wildman–Crippen MR) is 70.5 cm³/mol. The summed E-state index contributed by atoms with van der Waals surface area (Å²) >= 11 is 0. The SMILES string of the molecule is CNC(C1CCCC1)C1CCC(C)(C)CC1. The molecule has 0 heterocycles. The van der Waals surface area contributed by atoms with E-state index in [0.29, 0.717) is 5.41 Å². The van der Waals surface area contributed by atoms with Crippen molar-refractivity contribution in [2.75, 3.05) is 7.05 Å². The summed E-state index contributed by atoms with van der Waals surface area (Å²) in [5.74, 6) is 1.94. The second-order valence-electron chi connectivity index (χ2n) is 6.86. The first-order valence-electron chi connectivity index (χ1n) is 7.30. The van der Waals surface area contributed by atoms with Crippen LogP contribution < -0.4 is 5.32 Å². The van der Waals surface area contributed by atoms with Crippen LogP contribution in [0.5, 0.6) is 0 Å². The van der Waals surface area contributed by atoms with Crippen LogP contribution in [0.2, 0.25) is 0 Å². The fraction of sp³-hybridized carbons (Fsp3) is 1.00. The van der Waals surface area contributed by atoms with Gasteiger partial charge < -0.3 is 5.32 Å². The third-order valence-corrected chi connectivity index (χ3v) is 5.13. The van der Waals surface area contributed by atoms with E-state index in [1.165, 1.54) is 51.4 Å². The number of hydrogen-bond acceptors (Lipinski definition) is 1. The quantitative estimate of drug-likeness (QED) is 0.763. The Morgan fingerprint density at radius 2 is 1.44 bits per heavy atom. The summed E-state index contributed by atoms with van der Waals surface area (Å²) in [6.07, 6.45) is 11.7. The first-order chi connectivity index (χ1) is 7.62. The molecule has 0 saturated heterocycles. The fourth-order valence-corrected chi connectivity index (χ4v) is 3.95. The van der Waals surface area contributed by atoms with Crippen molar-refractivity contribution < 1.29 is 0 Å². The second kappa shape index (κ2) is 5.08. The van der Waals surface area contributed by atoms with Crippen LogP contribution in [0.15, 0.2) is 0 Å². The number of rotatable bonds is 3. The molecular weight excluding hydrogens is 194 g/mol. The molecule has 1 atom stereocenters. The topological polar surface area (TPSA) is 12.0 Å². The molecule has 0 amide bonds. The van der Waals surface area contributed by atoms with Crippen LogP contribution in [-0.4, -0.2) is 13.1 Å². The number of hydrogen-bond donors (Lipinski definition) is 1. The first-order valence-corrected chi connectivity index (χ1v) is 7.30. The summed E-state index contributed by atoms with van der Waals surface area (Å²) in [7, 11) is 2.18. The van der Waals surface area contributed by atoms with Gasteiger partial charge in [0.25, 0.3) is 0 Å². The Hall–Kier alpha value is -0.0400. The Morgan fingerprint density at radius 3 is 1.94 bits per heavy atom. The Bertz CT molecular complexity index is 205. The van der Waals surface area contributed by atoms with E-state index in [9.17, 15) is 0 Å². The van der Waals surface area contributed by atoms with Crippen LogP contribution in [0, 0.1) is 17.3 Å². The van der Waals surface area contributed by atoms with Gasteiger partial charge in [0.2, 0.25) is 0 Å². The lowest BCUT2D eigenvalue weighted by Crippen LogP contribution is -2.41.